The third kappa shape index (κ3) is 3.23. The van der Waals surface area contributed by atoms with Crippen LogP contribution in [0, 0.1) is 13.8 Å². The number of carbonyl (C=O) groups is 1. The fourth-order valence-electron chi connectivity index (χ4n) is 2.09. The molecule has 0 N–H and O–H groups in total. The lowest BCUT2D eigenvalue weighted by molar-refractivity contribution is -0.137. The molecule has 23 heavy (non-hydrogen) atoms. The van der Waals surface area contributed by atoms with Crippen LogP contribution >= 0.6 is 23.1 Å². The zero-order chi connectivity index (χ0) is 16.4. The van der Waals surface area contributed by atoms with Crippen LogP contribution in [0.4, 0.5) is 0 Å². The van der Waals surface area contributed by atoms with Crippen molar-refractivity contribution in [2.75, 3.05) is 12.4 Å². The number of fused-ring (bicyclic) bond motifs is 1. The summed E-state index contributed by atoms with van der Waals surface area (Å²) in [5, 5.41) is 15.4. The summed E-state index contributed by atoms with van der Waals surface area (Å²) >= 11 is 3.10. The Kier molecular flexibility index (Phi) is 4.63. The summed E-state index contributed by atoms with van der Waals surface area (Å²) in [6, 6.07) is 2.03. The van der Waals surface area contributed by atoms with Gasteiger partial charge in [0.15, 0.2) is 5.82 Å². The number of hydrogen-bond donors (Lipinski definition) is 0. The van der Waals surface area contributed by atoms with E-state index in [-0.39, 0.29) is 5.97 Å². The zero-order valence-corrected chi connectivity index (χ0v) is 14.7. The number of esters is 1. The van der Waals surface area contributed by atoms with Crippen molar-refractivity contribution in [2.24, 2.45) is 5.10 Å². The van der Waals surface area contributed by atoms with Crippen molar-refractivity contribution < 1.29 is 9.53 Å². The maximum atomic E-state index is 12.4. The molecule has 3 rings (SSSR count). The second kappa shape index (κ2) is 6.67. The molecular formula is C15H16N4O2S2. The Hall–Kier alpha value is -1.93. The second-order valence-electron chi connectivity index (χ2n) is 4.92. The highest BCUT2D eigenvalue weighted by atomic mass is 32.2. The van der Waals surface area contributed by atoms with Gasteiger partial charge in [-0.2, -0.15) is 9.78 Å². The van der Waals surface area contributed by atoms with Crippen LogP contribution < -0.4 is 0 Å². The van der Waals surface area contributed by atoms with Crippen molar-refractivity contribution in [3.8, 4) is 0 Å². The summed E-state index contributed by atoms with van der Waals surface area (Å²) < 4.78 is 6.88. The minimum Gasteiger partial charge on any atom is -0.462 e. The number of thiophene rings is 1. The molecule has 0 amide bonds. The van der Waals surface area contributed by atoms with Crippen molar-refractivity contribution >= 4 is 40.9 Å². The van der Waals surface area contributed by atoms with Crippen LogP contribution in [0.15, 0.2) is 27.3 Å². The van der Waals surface area contributed by atoms with Crippen LogP contribution in [0.1, 0.15) is 23.2 Å². The Balaban J connectivity index is 2.04. The van der Waals surface area contributed by atoms with Crippen molar-refractivity contribution in [3.63, 3.8) is 0 Å². The molecular weight excluding hydrogens is 332 g/mol. The van der Waals surface area contributed by atoms with Crippen LogP contribution in [0.5, 0.6) is 0 Å². The first-order valence-corrected chi connectivity index (χ1v) is 9.02. The lowest BCUT2D eigenvalue weighted by atomic mass is 10.1. The number of rotatable bonds is 4. The van der Waals surface area contributed by atoms with E-state index >= 15 is 0 Å². The SMILES string of the molecule is CCOC(=O)/C(=C/c1sccc1C)C1=Nn2c(C)nnc2SC1. The summed E-state index contributed by atoms with van der Waals surface area (Å²) in [5.74, 6) is 0.904. The number of thioether (sulfide) groups is 1. The molecule has 0 radical (unpaired) electrons. The van der Waals surface area contributed by atoms with Crippen LogP contribution in [-0.4, -0.2) is 38.9 Å². The Morgan fingerprint density at radius 3 is 2.96 bits per heavy atom. The monoisotopic (exact) mass is 348 g/mol. The number of ether oxygens (including phenoxy) is 1. The van der Waals surface area contributed by atoms with E-state index in [9.17, 15) is 4.79 Å². The van der Waals surface area contributed by atoms with Crippen molar-refractivity contribution in [2.45, 2.75) is 25.9 Å². The topological polar surface area (TPSA) is 69.4 Å². The van der Waals surface area contributed by atoms with E-state index in [4.69, 9.17) is 4.74 Å². The fourth-order valence-corrected chi connectivity index (χ4v) is 3.82. The number of carbonyl (C=O) groups excluding carboxylic acids is 1. The van der Waals surface area contributed by atoms with E-state index in [1.165, 1.54) is 11.8 Å². The lowest BCUT2D eigenvalue weighted by Gasteiger charge is -2.15. The average molecular weight is 348 g/mol. The molecule has 0 aliphatic carbocycles. The van der Waals surface area contributed by atoms with Gasteiger partial charge in [0.25, 0.3) is 0 Å². The first-order valence-electron chi connectivity index (χ1n) is 7.16. The van der Waals surface area contributed by atoms with Gasteiger partial charge in [-0.05, 0) is 43.9 Å². The molecule has 3 heterocycles. The number of hydrogen-bond acceptors (Lipinski definition) is 7. The number of aromatic nitrogens is 3. The fraction of sp³-hybridized carbons (Fsp3) is 0.333. The van der Waals surface area contributed by atoms with Crippen molar-refractivity contribution in [1.29, 1.82) is 0 Å². The van der Waals surface area contributed by atoms with Crippen LogP contribution in [-0.2, 0) is 9.53 Å². The van der Waals surface area contributed by atoms with Gasteiger partial charge in [-0.1, -0.05) is 11.8 Å². The maximum Gasteiger partial charge on any atom is 0.340 e. The first-order chi connectivity index (χ1) is 11.1. The van der Waals surface area contributed by atoms with Gasteiger partial charge >= 0.3 is 5.97 Å². The van der Waals surface area contributed by atoms with Gasteiger partial charge in [-0.3, -0.25) is 0 Å². The summed E-state index contributed by atoms with van der Waals surface area (Å²) in [6.45, 7) is 5.98. The normalized spacial score (nSPS) is 14.4. The van der Waals surface area contributed by atoms with E-state index in [0.717, 1.165) is 15.6 Å². The van der Waals surface area contributed by atoms with Crippen LogP contribution in [0.3, 0.4) is 0 Å². The second-order valence-corrected chi connectivity index (χ2v) is 6.81. The van der Waals surface area contributed by atoms with Gasteiger partial charge in [0.05, 0.1) is 17.9 Å². The molecule has 0 fully saturated rings. The highest BCUT2D eigenvalue weighted by Crippen LogP contribution is 2.26. The number of nitrogens with zero attached hydrogens (tertiary/aromatic N) is 4. The molecule has 1 aliphatic heterocycles. The Bertz CT molecular complexity index is 804. The van der Waals surface area contributed by atoms with Crippen molar-refractivity contribution in [3.05, 3.63) is 33.3 Å². The Labute approximate surface area is 142 Å². The first kappa shape index (κ1) is 15.9. The highest BCUT2D eigenvalue weighted by molar-refractivity contribution is 7.99. The lowest BCUT2D eigenvalue weighted by Crippen LogP contribution is -2.21. The maximum absolute atomic E-state index is 12.4. The number of aryl methyl sites for hydroxylation is 2. The van der Waals surface area contributed by atoms with Crippen LogP contribution in [0.25, 0.3) is 6.08 Å². The minimum atomic E-state index is -0.353. The summed E-state index contributed by atoms with van der Waals surface area (Å²) in [6.07, 6.45) is 1.86. The molecule has 2 aromatic heterocycles. The van der Waals surface area contributed by atoms with Gasteiger partial charge in [-0.15, -0.1) is 21.5 Å². The molecule has 8 heteroatoms. The molecule has 0 saturated heterocycles. The molecule has 0 saturated carbocycles. The smallest absolute Gasteiger partial charge is 0.340 e. The third-order valence-corrected chi connectivity index (χ3v) is 5.21. The molecule has 0 atom stereocenters. The molecule has 0 bridgehead atoms. The Morgan fingerprint density at radius 1 is 1.43 bits per heavy atom. The van der Waals surface area contributed by atoms with Crippen molar-refractivity contribution in [1.82, 2.24) is 14.9 Å². The quantitative estimate of drug-likeness (QED) is 0.628. The van der Waals surface area contributed by atoms with Crippen LogP contribution in [0.2, 0.25) is 0 Å². The molecule has 1 aliphatic rings. The predicted molar refractivity (Wildman–Crippen MR) is 92.0 cm³/mol. The molecule has 0 unspecified atom stereocenters. The zero-order valence-electron chi connectivity index (χ0n) is 13.1. The minimum absolute atomic E-state index is 0.330. The van der Waals surface area contributed by atoms with Gasteiger partial charge < -0.3 is 4.74 Å². The van der Waals surface area contributed by atoms with E-state index < -0.39 is 0 Å². The molecule has 0 spiro atoms. The third-order valence-electron chi connectivity index (χ3n) is 3.31. The predicted octanol–water partition coefficient (Wildman–Crippen LogP) is 2.91. The van der Waals surface area contributed by atoms with E-state index in [1.807, 2.05) is 31.4 Å². The summed E-state index contributed by atoms with van der Waals surface area (Å²) in [4.78, 5) is 13.4. The van der Waals surface area contributed by atoms with E-state index in [2.05, 4.69) is 15.3 Å². The molecule has 2 aromatic rings. The van der Waals surface area contributed by atoms with Gasteiger partial charge in [0.2, 0.25) is 5.16 Å². The van der Waals surface area contributed by atoms with Gasteiger partial charge in [0.1, 0.15) is 0 Å². The average Bonchev–Trinajstić information content (AvgIpc) is 3.11. The molecule has 120 valence electrons. The Morgan fingerprint density at radius 2 is 2.26 bits per heavy atom. The molecule has 0 aromatic carbocycles. The highest BCUT2D eigenvalue weighted by Gasteiger charge is 2.24. The largest absolute Gasteiger partial charge is 0.462 e. The van der Waals surface area contributed by atoms with Gasteiger partial charge in [-0.25, -0.2) is 4.79 Å². The van der Waals surface area contributed by atoms with E-state index in [0.29, 0.717) is 29.5 Å². The van der Waals surface area contributed by atoms with Gasteiger partial charge in [0, 0.05) is 10.6 Å². The standard InChI is InChI=1S/C15H16N4O2S2/c1-4-21-14(20)11(7-13-9(2)5-6-22-13)12-8-23-15-17-16-10(3)19(15)18-12/h5-7H,4,8H2,1-3H3/b11-7+. The summed E-state index contributed by atoms with van der Waals surface area (Å²) in [7, 11) is 0. The van der Waals surface area contributed by atoms with E-state index in [1.54, 1.807) is 22.9 Å². The summed E-state index contributed by atoms with van der Waals surface area (Å²) in [5.41, 5.74) is 2.29. The molecule has 6 nitrogen and oxygen atoms in total.